The van der Waals surface area contributed by atoms with Gasteiger partial charge in [-0.05, 0) is 19.2 Å². The summed E-state index contributed by atoms with van der Waals surface area (Å²) in [5.74, 6) is -0.866. The Morgan fingerprint density at radius 1 is 1.40 bits per heavy atom. The minimum Gasteiger partial charge on any atom is -0.481 e. The number of hydrogen-bond donors (Lipinski definition) is 3. The highest BCUT2D eigenvalue weighted by Gasteiger charge is 2.11. The smallest absolute Gasteiger partial charge is 0.321 e. The van der Waals surface area contributed by atoms with Gasteiger partial charge in [0.05, 0.1) is 25.8 Å². The van der Waals surface area contributed by atoms with Crippen LogP contribution in [0.25, 0.3) is 0 Å². The van der Waals surface area contributed by atoms with Gasteiger partial charge in [-0.3, -0.25) is 19.8 Å². The Balaban J connectivity index is 2.20. The number of urea groups is 1. The van der Waals surface area contributed by atoms with Crippen molar-refractivity contribution < 1.29 is 23.9 Å². The first-order chi connectivity index (χ1) is 9.47. The van der Waals surface area contributed by atoms with E-state index in [0.717, 1.165) is 0 Å². The molecule has 0 unspecified atom stereocenters. The van der Waals surface area contributed by atoms with Gasteiger partial charge in [-0.25, -0.2) is 4.79 Å². The Hall–Kier alpha value is -2.35. The first-order valence-electron chi connectivity index (χ1n) is 5.98. The number of furan rings is 1. The highest BCUT2D eigenvalue weighted by atomic mass is 16.4. The van der Waals surface area contributed by atoms with Gasteiger partial charge < -0.3 is 14.8 Å². The molecule has 0 radical (unpaired) electrons. The normalized spacial score (nSPS) is 10.3. The topological polar surface area (TPSA) is 112 Å². The molecule has 0 aliphatic carbocycles. The van der Waals surface area contributed by atoms with Crippen LogP contribution in [0, 0.1) is 0 Å². The number of hydrogen-bond acceptors (Lipinski definition) is 5. The molecule has 1 heterocycles. The number of aliphatic carboxylic acids is 1. The maximum absolute atomic E-state index is 11.5. The number of carboxylic acid groups (broad SMARTS) is 1. The van der Waals surface area contributed by atoms with Gasteiger partial charge in [-0.1, -0.05) is 0 Å². The summed E-state index contributed by atoms with van der Waals surface area (Å²) in [5, 5.41) is 13.1. The molecule has 1 aromatic heterocycles. The predicted molar refractivity (Wildman–Crippen MR) is 68.8 cm³/mol. The van der Waals surface area contributed by atoms with E-state index in [9.17, 15) is 14.4 Å². The average Bonchev–Trinajstić information content (AvgIpc) is 2.86. The highest BCUT2D eigenvalue weighted by molar-refractivity contribution is 5.95. The summed E-state index contributed by atoms with van der Waals surface area (Å²) in [6.45, 7) is 0.360. The van der Waals surface area contributed by atoms with E-state index < -0.39 is 17.9 Å². The number of likely N-dealkylation sites (N-methyl/N-ethyl adjacent to an activating group) is 1. The number of nitrogens with one attached hydrogen (secondary N) is 2. The molecule has 0 aliphatic rings. The molecule has 8 nitrogen and oxygen atoms in total. The van der Waals surface area contributed by atoms with Crippen LogP contribution in [0.1, 0.15) is 12.2 Å². The van der Waals surface area contributed by atoms with Gasteiger partial charge in [0.2, 0.25) is 5.91 Å². The number of carbonyl (C=O) groups excluding carboxylic acids is 2. The Morgan fingerprint density at radius 2 is 2.15 bits per heavy atom. The first-order valence-corrected chi connectivity index (χ1v) is 5.98. The van der Waals surface area contributed by atoms with Crippen LogP contribution in [-0.4, -0.2) is 48.1 Å². The molecule has 110 valence electrons. The second-order valence-corrected chi connectivity index (χ2v) is 4.19. The van der Waals surface area contributed by atoms with E-state index in [1.54, 1.807) is 19.2 Å². The summed E-state index contributed by atoms with van der Waals surface area (Å²) in [6, 6.07) is 2.76. The van der Waals surface area contributed by atoms with E-state index in [0.29, 0.717) is 5.76 Å². The molecule has 20 heavy (non-hydrogen) atoms. The molecule has 0 atom stereocenters. The van der Waals surface area contributed by atoms with Crippen LogP contribution in [0.4, 0.5) is 4.79 Å². The third kappa shape index (κ3) is 6.55. The Labute approximate surface area is 115 Å². The van der Waals surface area contributed by atoms with Crippen molar-refractivity contribution in [1.82, 2.24) is 15.5 Å². The van der Waals surface area contributed by atoms with Crippen LogP contribution < -0.4 is 10.6 Å². The number of imide groups is 1. The van der Waals surface area contributed by atoms with Crippen molar-refractivity contribution in [3.8, 4) is 0 Å². The van der Waals surface area contributed by atoms with Crippen LogP contribution in [0.5, 0.6) is 0 Å². The molecule has 0 saturated carbocycles. The average molecular weight is 283 g/mol. The molecule has 0 spiro atoms. The minimum atomic E-state index is -0.937. The van der Waals surface area contributed by atoms with Crippen LogP contribution in [-0.2, 0) is 16.1 Å². The second-order valence-electron chi connectivity index (χ2n) is 4.19. The third-order valence-electron chi connectivity index (χ3n) is 2.38. The van der Waals surface area contributed by atoms with Gasteiger partial charge in [0.25, 0.3) is 0 Å². The van der Waals surface area contributed by atoms with Crippen molar-refractivity contribution in [1.29, 1.82) is 0 Å². The van der Waals surface area contributed by atoms with Crippen LogP contribution in [0.15, 0.2) is 22.8 Å². The molecule has 3 amide bonds. The summed E-state index contributed by atoms with van der Waals surface area (Å²) in [6.07, 6.45) is 1.42. The zero-order valence-corrected chi connectivity index (χ0v) is 11.1. The summed E-state index contributed by atoms with van der Waals surface area (Å²) < 4.78 is 5.02. The molecular formula is C12H17N3O5. The van der Waals surface area contributed by atoms with Gasteiger partial charge in [0.1, 0.15) is 5.76 Å². The van der Waals surface area contributed by atoms with E-state index in [1.165, 1.54) is 11.2 Å². The SMILES string of the molecule is CN(CCC(=O)O)CC(=O)NC(=O)NCc1ccco1. The predicted octanol–water partition coefficient (Wildman–Crippen LogP) is 0.0119. The van der Waals surface area contributed by atoms with E-state index in [-0.39, 0.29) is 26.1 Å². The lowest BCUT2D eigenvalue weighted by atomic mass is 10.4. The number of nitrogens with zero attached hydrogens (tertiary/aromatic N) is 1. The fraction of sp³-hybridized carbons (Fsp3) is 0.417. The standard InChI is InChI=1S/C12H17N3O5/c1-15(5-4-11(17)18)8-10(16)14-12(19)13-7-9-3-2-6-20-9/h2-3,6H,4-5,7-8H2,1H3,(H,17,18)(H2,13,14,16,19). The maximum atomic E-state index is 11.5. The molecule has 1 aromatic rings. The molecule has 0 aromatic carbocycles. The zero-order chi connectivity index (χ0) is 15.0. The van der Waals surface area contributed by atoms with Crippen molar-refractivity contribution in [2.75, 3.05) is 20.1 Å². The fourth-order valence-corrected chi connectivity index (χ4v) is 1.40. The van der Waals surface area contributed by atoms with E-state index in [2.05, 4.69) is 10.6 Å². The van der Waals surface area contributed by atoms with E-state index in [4.69, 9.17) is 9.52 Å². The zero-order valence-electron chi connectivity index (χ0n) is 11.1. The summed E-state index contributed by atoms with van der Waals surface area (Å²) >= 11 is 0. The first kappa shape index (κ1) is 15.7. The van der Waals surface area contributed by atoms with Crippen LogP contribution >= 0.6 is 0 Å². The second kappa shape index (κ2) is 7.95. The molecule has 0 saturated heterocycles. The third-order valence-corrected chi connectivity index (χ3v) is 2.38. The van der Waals surface area contributed by atoms with Crippen molar-refractivity contribution in [3.05, 3.63) is 24.2 Å². The van der Waals surface area contributed by atoms with Crippen LogP contribution in [0.2, 0.25) is 0 Å². The van der Waals surface area contributed by atoms with Crippen LogP contribution in [0.3, 0.4) is 0 Å². The lowest BCUT2D eigenvalue weighted by molar-refractivity contribution is -0.137. The largest absolute Gasteiger partial charge is 0.481 e. The van der Waals surface area contributed by atoms with Crippen molar-refractivity contribution in [2.24, 2.45) is 0 Å². The molecule has 8 heteroatoms. The maximum Gasteiger partial charge on any atom is 0.321 e. The minimum absolute atomic E-state index is 0.0541. The molecule has 0 bridgehead atoms. The van der Waals surface area contributed by atoms with Gasteiger partial charge in [-0.2, -0.15) is 0 Å². The fourth-order valence-electron chi connectivity index (χ4n) is 1.40. The molecule has 0 fully saturated rings. The molecule has 0 aliphatic heterocycles. The van der Waals surface area contributed by atoms with Gasteiger partial charge >= 0.3 is 12.0 Å². The Kier molecular flexibility index (Phi) is 6.24. The summed E-state index contributed by atoms with van der Waals surface area (Å²) in [5.41, 5.74) is 0. The number of rotatable bonds is 7. The highest BCUT2D eigenvalue weighted by Crippen LogP contribution is 1.98. The van der Waals surface area contributed by atoms with Crippen molar-refractivity contribution in [3.63, 3.8) is 0 Å². The van der Waals surface area contributed by atoms with Gasteiger partial charge in [0.15, 0.2) is 0 Å². The van der Waals surface area contributed by atoms with Gasteiger partial charge in [0, 0.05) is 6.54 Å². The lowest BCUT2D eigenvalue weighted by Crippen LogP contribution is -2.43. The Bertz CT molecular complexity index is 458. The quantitative estimate of drug-likeness (QED) is 0.650. The number of amides is 3. The molecule has 3 N–H and O–H groups in total. The van der Waals surface area contributed by atoms with Crippen molar-refractivity contribution >= 4 is 17.9 Å². The summed E-state index contributed by atoms with van der Waals surface area (Å²) in [7, 11) is 1.60. The lowest BCUT2D eigenvalue weighted by Gasteiger charge is -2.14. The molecule has 1 rings (SSSR count). The Morgan fingerprint density at radius 3 is 2.75 bits per heavy atom. The number of carbonyl (C=O) groups is 3. The van der Waals surface area contributed by atoms with Gasteiger partial charge in [-0.15, -0.1) is 0 Å². The van der Waals surface area contributed by atoms with E-state index in [1.807, 2.05) is 0 Å². The monoisotopic (exact) mass is 283 g/mol. The summed E-state index contributed by atoms with van der Waals surface area (Å²) in [4.78, 5) is 34.8. The number of carboxylic acids is 1. The van der Waals surface area contributed by atoms with Crippen molar-refractivity contribution in [2.45, 2.75) is 13.0 Å². The molecular weight excluding hydrogens is 266 g/mol. The van der Waals surface area contributed by atoms with E-state index >= 15 is 0 Å².